The number of aliphatic hydroxyl groups is 1. The number of ether oxygens (including phenoxy) is 1. The van der Waals surface area contributed by atoms with Gasteiger partial charge in [-0.15, -0.1) is 13.2 Å². The van der Waals surface area contributed by atoms with E-state index in [-0.39, 0.29) is 18.0 Å². The van der Waals surface area contributed by atoms with Crippen molar-refractivity contribution in [3.05, 3.63) is 24.3 Å². The Labute approximate surface area is 122 Å². The lowest BCUT2D eigenvalue weighted by Gasteiger charge is -2.27. The Morgan fingerprint density at radius 2 is 1.71 bits per heavy atom. The summed E-state index contributed by atoms with van der Waals surface area (Å²) in [7, 11) is 0. The zero-order valence-electron chi connectivity index (χ0n) is 11.7. The summed E-state index contributed by atoms with van der Waals surface area (Å²) in [6.07, 6.45) is 0.686. The van der Waals surface area contributed by atoms with Crippen LogP contribution in [-0.4, -0.2) is 23.6 Å². The van der Waals surface area contributed by atoms with Gasteiger partial charge in [0.15, 0.2) is 5.75 Å². The number of para-hydroxylation sites is 2. The van der Waals surface area contributed by atoms with Crippen molar-refractivity contribution in [1.29, 1.82) is 0 Å². The van der Waals surface area contributed by atoms with Crippen LogP contribution in [0.1, 0.15) is 38.5 Å². The summed E-state index contributed by atoms with van der Waals surface area (Å²) in [5, 5.41) is 13.4. The van der Waals surface area contributed by atoms with Crippen molar-refractivity contribution in [3.8, 4) is 5.75 Å². The first-order chi connectivity index (χ1) is 9.88. The zero-order valence-corrected chi connectivity index (χ0v) is 11.7. The average molecular weight is 303 g/mol. The number of nitrogens with one attached hydrogen (secondary N) is 1. The van der Waals surface area contributed by atoms with Crippen LogP contribution in [0.2, 0.25) is 0 Å². The van der Waals surface area contributed by atoms with Crippen molar-refractivity contribution in [3.63, 3.8) is 0 Å². The molecule has 0 heterocycles. The highest BCUT2D eigenvalue weighted by Gasteiger charge is 2.33. The van der Waals surface area contributed by atoms with Gasteiger partial charge in [-0.05, 0) is 25.0 Å². The average Bonchev–Trinajstić information content (AvgIpc) is 2.61. The molecule has 1 aliphatic rings. The first kappa shape index (κ1) is 15.9. The summed E-state index contributed by atoms with van der Waals surface area (Å²) in [4.78, 5) is 0. The van der Waals surface area contributed by atoms with Gasteiger partial charge in [0, 0.05) is 6.54 Å². The second-order valence-electron chi connectivity index (χ2n) is 5.54. The molecule has 1 aromatic rings. The molecule has 0 spiro atoms. The van der Waals surface area contributed by atoms with E-state index in [9.17, 15) is 18.3 Å². The van der Waals surface area contributed by atoms with E-state index in [2.05, 4.69) is 10.1 Å². The van der Waals surface area contributed by atoms with Gasteiger partial charge in [0.25, 0.3) is 0 Å². The third-order valence-electron chi connectivity index (χ3n) is 3.75. The lowest BCUT2D eigenvalue weighted by molar-refractivity contribution is -0.274. The summed E-state index contributed by atoms with van der Waals surface area (Å²) in [5.41, 5.74) is -0.616. The second-order valence-corrected chi connectivity index (χ2v) is 5.54. The normalized spacial score (nSPS) is 18.9. The molecule has 118 valence electrons. The Morgan fingerprint density at radius 1 is 1.10 bits per heavy atom. The van der Waals surface area contributed by atoms with Crippen molar-refractivity contribution in [1.82, 2.24) is 0 Å². The number of hydrogen-bond donors (Lipinski definition) is 2. The number of hydrogen-bond acceptors (Lipinski definition) is 3. The summed E-state index contributed by atoms with van der Waals surface area (Å²) in [5.74, 6) is -0.276. The molecule has 0 amide bonds. The van der Waals surface area contributed by atoms with Gasteiger partial charge in [-0.3, -0.25) is 0 Å². The second kappa shape index (κ2) is 6.56. The van der Waals surface area contributed by atoms with E-state index in [0.717, 1.165) is 25.7 Å². The molecule has 6 heteroatoms. The van der Waals surface area contributed by atoms with Gasteiger partial charge >= 0.3 is 6.36 Å². The number of rotatable bonds is 4. The van der Waals surface area contributed by atoms with Crippen LogP contribution >= 0.6 is 0 Å². The summed E-state index contributed by atoms with van der Waals surface area (Å²) < 4.78 is 41.0. The van der Waals surface area contributed by atoms with Gasteiger partial charge in [0.05, 0.1) is 11.3 Å². The highest BCUT2D eigenvalue weighted by Crippen LogP contribution is 2.32. The fourth-order valence-corrected chi connectivity index (χ4v) is 2.65. The van der Waals surface area contributed by atoms with Crippen molar-refractivity contribution in [2.45, 2.75) is 50.5 Å². The Bertz CT molecular complexity index is 454. The zero-order chi connectivity index (χ0) is 15.3. The molecular weight excluding hydrogens is 283 g/mol. The molecule has 0 unspecified atom stereocenters. The topological polar surface area (TPSA) is 41.5 Å². The Morgan fingerprint density at radius 3 is 2.33 bits per heavy atom. The molecule has 2 N–H and O–H groups in total. The Balaban J connectivity index is 2.02. The molecule has 0 saturated heterocycles. The lowest BCUT2D eigenvalue weighted by Crippen LogP contribution is -2.36. The minimum atomic E-state index is -4.73. The van der Waals surface area contributed by atoms with Crippen molar-refractivity contribution in [2.24, 2.45) is 0 Å². The Hall–Kier alpha value is -1.43. The number of halogens is 3. The number of anilines is 1. The minimum Gasteiger partial charge on any atom is -0.404 e. The van der Waals surface area contributed by atoms with Gasteiger partial charge in [-0.1, -0.05) is 37.8 Å². The molecular formula is C15H20F3NO2. The third-order valence-corrected chi connectivity index (χ3v) is 3.75. The minimum absolute atomic E-state index is 0.227. The quantitative estimate of drug-likeness (QED) is 0.823. The van der Waals surface area contributed by atoms with Gasteiger partial charge in [0.1, 0.15) is 0 Å². The monoisotopic (exact) mass is 303 g/mol. The highest BCUT2D eigenvalue weighted by molar-refractivity contribution is 5.56. The highest BCUT2D eigenvalue weighted by atomic mass is 19.4. The van der Waals surface area contributed by atoms with Crippen molar-refractivity contribution in [2.75, 3.05) is 11.9 Å². The van der Waals surface area contributed by atoms with E-state index < -0.39 is 12.0 Å². The summed E-state index contributed by atoms with van der Waals surface area (Å²) in [6, 6.07) is 5.88. The van der Waals surface area contributed by atoms with E-state index in [4.69, 9.17) is 0 Å². The van der Waals surface area contributed by atoms with Gasteiger partial charge in [0.2, 0.25) is 0 Å². The molecule has 0 radical (unpaired) electrons. The summed E-state index contributed by atoms with van der Waals surface area (Å²) in [6.45, 7) is 0.227. The van der Waals surface area contributed by atoms with E-state index in [1.807, 2.05) is 0 Å². The predicted octanol–water partition coefficient (Wildman–Crippen LogP) is 4.08. The first-order valence-electron chi connectivity index (χ1n) is 7.19. The maximum absolute atomic E-state index is 12.3. The van der Waals surface area contributed by atoms with Crippen molar-refractivity contribution >= 4 is 5.69 Å². The SMILES string of the molecule is OC1(CNc2ccccc2OC(F)(F)F)CCCCCC1. The van der Waals surface area contributed by atoms with E-state index in [0.29, 0.717) is 12.8 Å². The molecule has 1 aromatic carbocycles. The number of benzene rings is 1. The van der Waals surface area contributed by atoms with Crippen LogP contribution in [0.5, 0.6) is 5.75 Å². The van der Waals surface area contributed by atoms with Gasteiger partial charge in [-0.25, -0.2) is 0 Å². The molecule has 3 nitrogen and oxygen atoms in total. The van der Waals surface area contributed by atoms with Gasteiger partial charge < -0.3 is 15.2 Å². The van der Waals surface area contributed by atoms with Crippen LogP contribution in [0.25, 0.3) is 0 Å². The molecule has 21 heavy (non-hydrogen) atoms. The third kappa shape index (κ3) is 5.12. The standard InChI is InChI=1S/C15H20F3NO2/c16-15(17,18)21-13-8-4-3-7-12(13)19-11-14(20)9-5-1-2-6-10-14/h3-4,7-8,19-20H,1-2,5-6,9-11H2. The fraction of sp³-hybridized carbons (Fsp3) is 0.600. The largest absolute Gasteiger partial charge is 0.573 e. The van der Waals surface area contributed by atoms with Crippen LogP contribution in [0.4, 0.5) is 18.9 Å². The van der Waals surface area contributed by atoms with Crippen LogP contribution in [0.3, 0.4) is 0 Å². The molecule has 2 rings (SSSR count). The van der Waals surface area contributed by atoms with Crippen LogP contribution < -0.4 is 10.1 Å². The summed E-state index contributed by atoms with van der Waals surface area (Å²) >= 11 is 0. The molecule has 0 atom stereocenters. The van der Waals surface area contributed by atoms with E-state index in [1.54, 1.807) is 6.07 Å². The van der Waals surface area contributed by atoms with Gasteiger partial charge in [-0.2, -0.15) is 0 Å². The first-order valence-corrected chi connectivity index (χ1v) is 7.19. The molecule has 0 aromatic heterocycles. The molecule has 1 saturated carbocycles. The molecule has 1 fully saturated rings. The van der Waals surface area contributed by atoms with Crippen LogP contribution in [0, 0.1) is 0 Å². The Kier molecular flexibility index (Phi) is 4.98. The number of alkyl halides is 3. The maximum atomic E-state index is 12.3. The lowest BCUT2D eigenvalue weighted by atomic mass is 9.94. The van der Waals surface area contributed by atoms with Crippen LogP contribution in [0.15, 0.2) is 24.3 Å². The van der Waals surface area contributed by atoms with Crippen LogP contribution in [-0.2, 0) is 0 Å². The fourth-order valence-electron chi connectivity index (χ4n) is 2.65. The smallest absolute Gasteiger partial charge is 0.404 e. The molecule has 1 aliphatic carbocycles. The molecule has 0 bridgehead atoms. The van der Waals surface area contributed by atoms with Crippen molar-refractivity contribution < 1.29 is 23.0 Å². The van der Waals surface area contributed by atoms with E-state index in [1.165, 1.54) is 18.2 Å². The van der Waals surface area contributed by atoms with E-state index >= 15 is 0 Å². The molecule has 0 aliphatic heterocycles. The predicted molar refractivity (Wildman–Crippen MR) is 74.3 cm³/mol. The maximum Gasteiger partial charge on any atom is 0.573 e.